The Kier molecular flexibility index (Phi) is 8.83. The number of aliphatic carboxylic acids is 1. The summed E-state index contributed by atoms with van der Waals surface area (Å²) in [7, 11) is 0. The van der Waals surface area contributed by atoms with Crippen LogP contribution in [0.15, 0.2) is 11.6 Å². The molecule has 4 unspecified atom stereocenters. The van der Waals surface area contributed by atoms with Crippen molar-refractivity contribution in [1.82, 2.24) is 0 Å². The second-order valence-electron chi connectivity index (χ2n) is 15.0. The Morgan fingerprint density at radius 2 is 1.75 bits per heavy atom. The number of hydrogen-bond donors (Lipinski definition) is 4. The molecule has 0 amide bonds. The van der Waals surface area contributed by atoms with Crippen LogP contribution in [-0.2, 0) is 14.3 Å². The van der Waals surface area contributed by atoms with Crippen LogP contribution in [0.4, 0.5) is 0 Å². The Morgan fingerprint density at radius 3 is 2.45 bits per heavy atom. The molecule has 1 aliphatic heterocycles. The average molecular weight is 563 g/mol. The van der Waals surface area contributed by atoms with E-state index in [4.69, 9.17) is 9.47 Å². The lowest BCUT2D eigenvalue weighted by molar-refractivity contribution is -0.306. The zero-order valence-corrected chi connectivity index (χ0v) is 25.3. The fourth-order valence-corrected chi connectivity index (χ4v) is 10.1. The first-order valence-electron chi connectivity index (χ1n) is 16.1. The van der Waals surface area contributed by atoms with E-state index < -0.39 is 36.7 Å². The molecule has 4 N–H and O–H groups in total. The maximum absolute atomic E-state index is 11.5. The Hall–Kier alpha value is -0.990. The monoisotopic (exact) mass is 562 g/mol. The van der Waals surface area contributed by atoms with Gasteiger partial charge in [0.2, 0.25) is 0 Å². The molecule has 3 saturated carbocycles. The molecule has 0 radical (unpaired) electrons. The first-order chi connectivity index (χ1) is 18.9. The van der Waals surface area contributed by atoms with Crippen LogP contribution in [0.1, 0.15) is 105 Å². The smallest absolute Gasteiger partial charge is 0.335 e. The summed E-state index contributed by atoms with van der Waals surface area (Å²) in [4.78, 5) is 11.5. The maximum Gasteiger partial charge on any atom is 0.335 e. The molecule has 0 aromatic heterocycles. The number of allylic oxidation sites excluding steroid dienone is 1. The van der Waals surface area contributed by atoms with Gasteiger partial charge < -0.3 is 29.9 Å². The van der Waals surface area contributed by atoms with Crippen LogP contribution in [0.2, 0.25) is 0 Å². The van der Waals surface area contributed by atoms with Gasteiger partial charge in [-0.05, 0) is 97.7 Å². The van der Waals surface area contributed by atoms with Gasteiger partial charge in [0, 0.05) is 0 Å². The minimum absolute atomic E-state index is 0.149. The summed E-state index contributed by atoms with van der Waals surface area (Å²) in [6, 6.07) is 0. The zero-order valence-electron chi connectivity index (χ0n) is 25.3. The van der Waals surface area contributed by atoms with Crippen molar-refractivity contribution in [2.45, 2.75) is 142 Å². The van der Waals surface area contributed by atoms with Gasteiger partial charge in [-0.1, -0.05) is 65.5 Å². The highest BCUT2D eigenvalue weighted by Gasteiger charge is 2.59. The standard InChI is InChI=1S/C33H54O7/c1-18(2)7-6-8-19(3)23-11-12-24-22-10-9-20-17-21(13-15-32(20,4)25(22)14-16-33(23,24)5)39-31-28(36)26(34)27(35)29(40-31)30(37)38/h9,18-19,21-29,31,34-36H,6-8,10-17H2,1-5H3,(H,37,38)/t19-,21?,22?,23-,24?,25?,26+,27+,28-,29+,31-,32+,33-/m1/s1. The van der Waals surface area contributed by atoms with Gasteiger partial charge in [-0.25, -0.2) is 4.79 Å². The van der Waals surface area contributed by atoms with Gasteiger partial charge in [0.15, 0.2) is 12.4 Å². The molecule has 5 rings (SSSR count). The van der Waals surface area contributed by atoms with Gasteiger partial charge in [-0.3, -0.25) is 0 Å². The molecule has 0 spiro atoms. The van der Waals surface area contributed by atoms with Gasteiger partial charge in [0.25, 0.3) is 0 Å². The Balaban J connectivity index is 1.25. The highest BCUT2D eigenvalue weighted by atomic mass is 16.7. The van der Waals surface area contributed by atoms with Crippen molar-refractivity contribution in [1.29, 1.82) is 0 Å². The molecule has 4 aliphatic carbocycles. The number of aliphatic hydroxyl groups excluding tert-OH is 3. The highest BCUT2D eigenvalue weighted by Crippen LogP contribution is 2.67. The molecule has 5 aliphatic rings. The fourth-order valence-electron chi connectivity index (χ4n) is 10.1. The summed E-state index contributed by atoms with van der Waals surface area (Å²) in [5.74, 6) is 3.30. The molecule has 4 fully saturated rings. The van der Waals surface area contributed by atoms with Gasteiger partial charge >= 0.3 is 5.97 Å². The lowest BCUT2D eigenvalue weighted by Crippen LogP contribution is -2.61. The molecular formula is C33H54O7. The minimum Gasteiger partial charge on any atom is -0.479 e. The van der Waals surface area contributed by atoms with Crippen LogP contribution in [-0.4, -0.2) is 63.2 Å². The predicted molar refractivity (Wildman–Crippen MR) is 152 cm³/mol. The topological polar surface area (TPSA) is 116 Å². The third-order valence-corrected chi connectivity index (χ3v) is 12.4. The average Bonchev–Trinajstić information content (AvgIpc) is 3.26. The van der Waals surface area contributed by atoms with Crippen LogP contribution in [0, 0.1) is 46.3 Å². The number of hydrogen-bond acceptors (Lipinski definition) is 6. The second-order valence-corrected chi connectivity index (χ2v) is 15.0. The number of rotatable bonds is 8. The molecule has 7 nitrogen and oxygen atoms in total. The van der Waals surface area contributed by atoms with E-state index in [1.54, 1.807) is 0 Å². The number of carbonyl (C=O) groups is 1. The van der Waals surface area contributed by atoms with Crippen LogP contribution in [0.5, 0.6) is 0 Å². The van der Waals surface area contributed by atoms with Crippen molar-refractivity contribution in [2.75, 3.05) is 0 Å². The Labute approximate surface area is 240 Å². The van der Waals surface area contributed by atoms with Crippen LogP contribution < -0.4 is 0 Å². The lowest BCUT2D eigenvalue weighted by atomic mass is 9.47. The second kappa shape index (κ2) is 11.6. The van der Waals surface area contributed by atoms with Gasteiger partial charge in [-0.2, -0.15) is 0 Å². The number of carboxylic acids is 1. The molecule has 1 saturated heterocycles. The number of aliphatic hydroxyl groups is 3. The molecule has 0 aromatic rings. The van der Waals surface area contributed by atoms with Crippen molar-refractivity contribution in [3.63, 3.8) is 0 Å². The van der Waals surface area contributed by atoms with E-state index in [0.717, 1.165) is 55.3 Å². The Morgan fingerprint density at radius 1 is 1.00 bits per heavy atom. The molecule has 1 heterocycles. The third-order valence-electron chi connectivity index (χ3n) is 12.4. The number of fused-ring (bicyclic) bond motifs is 5. The van der Waals surface area contributed by atoms with Gasteiger partial charge in [0.05, 0.1) is 6.10 Å². The highest BCUT2D eigenvalue weighted by molar-refractivity contribution is 5.73. The summed E-state index contributed by atoms with van der Waals surface area (Å²) >= 11 is 0. The molecule has 0 aromatic carbocycles. The molecular weight excluding hydrogens is 508 g/mol. The fraction of sp³-hybridized carbons (Fsp3) is 0.909. The van der Waals surface area contributed by atoms with Crippen molar-refractivity contribution in [3.05, 3.63) is 11.6 Å². The summed E-state index contributed by atoms with van der Waals surface area (Å²) in [5.41, 5.74) is 2.04. The van der Waals surface area contributed by atoms with Crippen molar-refractivity contribution < 1.29 is 34.7 Å². The molecule has 40 heavy (non-hydrogen) atoms. The van der Waals surface area contributed by atoms with Crippen LogP contribution in [0.3, 0.4) is 0 Å². The van der Waals surface area contributed by atoms with Gasteiger partial charge in [0.1, 0.15) is 18.3 Å². The zero-order chi connectivity index (χ0) is 29.0. The Bertz CT molecular complexity index is 949. The molecule has 228 valence electrons. The van der Waals surface area contributed by atoms with Crippen molar-refractivity contribution in [3.8, 4) is 0 Å². The van der Waals surface area contributed by atoms with Gasteiger partial charge in [-0.15, -0.1) is 0 Å². The van der Waals surface area contributed by atoms with E-state index in [1.807, 2.05) is 0 Å². The molecule has 0 bridgehead atoms. The lowest BCUT2D eigenvalue weighted by Gasteiger charge is -2.58. The third kappa shape index (κ3) is 5.32. The summed E-state index contributed by atoms with van der Waals surface area (Å²) < 4.78 is 11.5. The van der Waals surface area contributed by atoms with Crippen LogP contribution in [0.25, 0.3) is 0 Å². The summed E-state index contributed by atoms with van der Waals surface area (Å²) in [6.45, 7) is 12.3. The summed E-state index contributed by atoms with van der Waals surface area (Å²) in [5, 5.41) is 40.0. The molecule has 7 heteroatoms. The van der Waals surface area contributed by atoms with E-state index in [1.165, 1.54) is 50.5 Å². The van der Waals surface area contributed by atoms with E-state index >= 15 is 0 Å². The van der Waals surface area contributed by atoms with Crippen LogP contribution >= 0.6 is 0 Å². The summed E-state index contributed by atoms with van der Waals surface area (Å²) in [6.07, 6.45) is 7.65. The quantitative estimate of drug-likeness (QED) is 0.297. The van der Waals surface area contributed by atoms with Crippen molar-refractivity contribution in [2.24, 2.45) is 46.3 Å². The predicted octanol–water partition coefficient (Wildman–Crippen LogP) is 5.31. The first-order valence-corrected chi connectivity index (χ1v) is 16.1. The van der Waals surface area contributed by atoms with Crippen molar-refractivity contribution >= 4 is 5.97 Å². The van der Waals surface area contributed by atoms with E-state index in [-0.39, 0.29) is 11.5 Å². The first kappa shape index (κ1) is 30.5. The van der Waals surface area contributed by atoms with E-state index in [2.05, 4.69) is 40.7 Å². The minimum atomic E-state index is -1.70. The SMILES string of the molecule is CC(C)CCC[C@@H](C)[C@H]1CCC2C3CC=C4CC(O[C@@H]5O[C@H](C(=O)O)[C@@H](O)[C@H](O)[C@H]5O)CC[C@]4(C)C3CC[C@@]21C. The number of ether oxygens (including phenoxy) is 2. The largest absolute Gasteiger partial charge is 0.479 e. The number of carboxylic acid groups (broad SMARTS) is 1. The van der Waals surface area contributed by atoms with E-state index in [9.17, 15) is 25.2 Å². The maximum atomic E-state index is 11.5. The normalized spacial score (nSPS) is 47.7. The van der Waals surface area contributed by atoms with E-state index in [0.29, 0.717) is 11.3 Å². The molecule has 13 atom stereocenters.